The van der Waals surface area contributed by atoms with Gasteiger partial charge in [0, 0.05) is 26.2 Å². The van der Waals surface area contributed by atoms with Crippen molar-refractivity contribution in [2.45, 2.75) is 45.3 Å². The van der Waals surface area contributed by atoms with E-state index in [2.05, 4.69) is 60.7 Å². The summed E-state index contributed by atoms with van der Waals surface area (Å²) in [6, 6.07) is 8.90. The quantitative estimate of drug-likeness (QED) is 0.373. The van der Waals surface area contributed by atoms with E-state index in [9.17, 15) is 0 Å². The molecule has 1 aliphatic rings. The first kappa shape index (κ1) is 22.2. The molecular weight excluding hydrogens is 429 g/mol. The molecule has 2 N–H and O–H groups in total. The molecule has 1 aromatic rings. The molecule has 3 unspecified atom stereocenters. The molecule has 0 aromatic heterocycles. The van der Waals surface area contributed by atoms with Crippen molar-refractivity contribution >= 4 is 29.9 Å². The van der Waals surface area contributed by atoms with Crippen LogP contribution in [0.3, 0.4) is 0 Å². The fourth-order valence-corrected chi connectivity index (χ4v) is 2.66. The number of hydrogen-bond acceptors (Lipinski definition) is 3. The summed E-state index contributed by atoms with van der Waals surface area (Å²) in [6.45, 7) is 9.46. The summed E-state index contributed by atoms with van der Waals surface area (Å²) in [7, 11) is 1.80. The fourth-order valence-electron chi connectivity index (χ4n) is 2.66. The molecule has 1 saturated heterocycles. The topological polar surface area (TPSA) is 54.9 Å². The number of hydrogen-bond donors (Lipinski definition) is 2. The van der Waals surface area contributed by atoms with E-state index in [-0.39, 0.29) is 36.1 Å². The number of guanidine groups is 1. The molecule has 1 heterocycles. The second-order valence-corrected chi connectivity index (χ2v) is 6.63. The van der Waals surface area contributed by atoms with Crippen LogP contribution in [0.25, 0.3) is 0 Å². The summed E-state index contributed by atoms with van der Waals surface area (Å²) in [5.74, 6) is 1.24. The van der Waals surface area contributed by atoms with Gasteiger partial charge in [0.15, 0.2) is 5.96 Å². The summed E-state index contributed by atoms with van der Waals surface area (Å²) in [5, 5.41) is 6.78. The van der Waals surface area contributed by atoms with E-state index in [4.69, 9.17) is 9.47 Å². The predicted octanol–water partition coefficient (Wildman–Crippen LogP) is 3.08. The molecule has 2 rings (SSSR count). The summed E-state index contributed by atoms with van der Waals surface area (Å²) >= 11 is 0. The molecule has 1 aliphatic heterocycles. The van der Waals surface area contributed by atoms with Crippen LogP contribution in [0.5, 0.6) is 0 Å². The Morgan fingerprint density at radius 1 is 1.32 bits per heavy atom. The highest BCUT2D eigenvalue weighted by atomic mass is 127. The minimum absolute atomic E-state index is 0. The third-order valence-corrected chi connectivity index (χ3v) is 4.30. The Morgan fingerprint density at radius 3 is 2.64 bits per heavy atom. The van der Waals surface area contributed by atoms with Crippen molar-refractivity contribution in [3.05, 3.63) is 35.4 Å². The Morgan fingerprint density at radius 2 is 2.04 bits per heavy atom. The molecule has 142 valence electrons. The number of rotatable bonds is 7. The highest BCUT2D eigenvalue weighted by Crippen LogP contribution is 2.14. The lowest BCUT2D eigenvalue weighted by molar-refractivity contribution is 0.0347. The van der Waals surface area contributed by atoms with Gasteiger partial charge in [-0.05, 0) is 31.7 Å². The van der Waals surface area contributed by atoms with Crippen molar-refractivity contribution in [1.29, 1.82) is 0 Å². The van der Waals surface area contributed by atoms with Crippen molar-refractivity contribution < 1.29 is 9.47 Å². The molecule has 0 radical (unpaired) electrons. The first-order chi connectivity index (χ1) is 11.6. The maximum atomic E-state index is 5.85. The number of nitrogens with zero attached hydrogens (tertiary/aromatic N) is 1. The predicted molar refractivity (Wildman–Crippen MR) is 114 cm³/mol. The molecule has 5 nitrogen and oxygen atoms in total. The Labute approximate surface area is 169 Å². The summed E-state index contributed by atoms with van der Waals surface area (Å²) in [5.41, 5.74) is 2.62. The van der Waals surface area contributed by atoms with Crippen molar-refractivity contribution in [1.82, 2.24) is 10.6 Å². The zero-order valence-electron chi connectivity index (χ0n) is 15.7. The van der Waals surface area contributed by atoms with Crippen molar-refractivity contribution in [2.75, 3.05) is 33.4 Å². The second-order valence-electron chi connectivity index (χ2n) is 6.63. The standard InChI is InChI=1S/C19H31N3O2.HI/c1-14-5-7-17(8-6-14)15(2)11-21-19(20-4)22-16(3)12-24-18-9-10-23-13-18;/h5-8,15-16,18H,9-13H2,1-4H3,(H2,20,21,22);1H. The van der Waals surface area contributed by atoms with Gasteiger partial charge in [-0.1, -0.05) is 36.8 Å². The van der Waals surface area contributed by atoms with E-state index in [0.29, 0.717) is 19.1 Å². The van der Waals surface area contributed by atoms with Gasteiger partial charge in [-0.25, -0.2) is 0 Å². The highest BCUT2D eigenvalue weighted by molar-refractivity contribution is 14.0. The van der Waals surface area contributed by atoms with Crippen LogP contribution in [-0.4, -0.2) is 51.5 Å². The molecule has 0 amide bonds. The molecule has 6 heteroatoms. The van der Waals surface area contributed by atoms with Gasteiger partial charge < -0.3 is 20.1 Å². The average Bonchev–Trinajstić information content (AvgIpc) is 3.10. The summed E-state index contributed by atoms with van der Waals surface area (Å²) in [6.07, 6.45) is 1.24. The number of benzene rings is 1. The molecule has 25 heavy (non-hydrogen) atoms. The van der Waals surface area contributed by atoms with Crippen LogP contribution in [0.2, 0.25) is 0 Å². The Kier molecular flexibility index (Phi) is 10.4. The second kappa shape index (κ2) is 11.7. The minimum atomic E-state index is 0. The van der Waals surface area contributed by atoms with Gasteiger partial charge in [-0.15, -0.1) is 24.0 Å². The van der Waals surface area contributed by atoms with Crippen LogP contribution < -0.4 is 10.6 Å². The Hall–Kier alpha value is -0.860. The van der Waals surface area contributed by atoms with Crippen molar-refractivity contribution in [3.63, 3.8) is 0 Å². The van der Waals surface area contributed by atoms with Gasteiger partial charge in [0.1, 0.15) is 0 Å². The molecule has 0 saturated carbocycles. The minimum Gasteiger partial charge on any atom is -0.379 e. The van der Waals surface area contributed by atoms with Gasteiger partial charge in [0.25, 0.3) is 0 Å². The highest BCUT2D eigenvalue weighted by Gasteiger charge is 2.17. The van der Waals surface area contributed by atoms with Crippen LogP contribution in [0.15, 0.2) is 29.3 Å². The van der Waals surface area contributed by atoms with Gasteiger partial charge in [-0.2, -0.15) is 0 Å². The van der Waals surface area contributed by atoms with E-state index in [1.807, 2.05) is 0 Å². The third kappa shape index (κ3) is 7.92. The van der Waals surface area contributed by atoms with Crippen LogP contribution in [0.1, 0.15) is 37.3 Å². The number of aryl methyl sites for hydroxylation is 1. The van der Waals surface area contributed by atoms with E-state index < -0.39 is 0 Å². The number of aliphatic imine (C=N–C) groups is 1. The van der Waals surface area contributed by atoms with Crippen LogP contribution in [0, 0.1) is 6.92 Å². The zero-order chi connectivity index (χ0) is 17.4. The first-order valence-electron chi connectivity index (χ1n) is 8.81. The molecule has 1 fully saturated rings. The Balaban J connectivity index is 0.00000312. The third-order valence-electron chi connectivity index (χ3n) is 4.30. The van der Waals surface area contributed by atoms with Crippen LogP contribution in [-0.2, 0) is 9.47 Å². The van der Waals surface area contributed by atoms with E-state index >= 15 is 0 Å². The molecule has 0 aliphatic carbocycles. The number of halogens is 1. The molecule has 0 spiro atoms. The normalized spacial score (nSPS) is 19.8. The molecule has 0 bridgehead atoms. The van der Waals surface area contributed by atoms with Crippen molar-refractivity contribution in [2.24, 2.45) is 4.99 Å². The van der Waals surface area contributed by atoms with E-state index in [0.717, 1.165) is 25.5 Å². The lowest BCUT2D eigenvalue weighted by Crippen LogP contribution is -2.45. The lowest BCUT2D eigenvalue weighted by atomic mass is 10.0. The maximum Gasteiger partial charge on any atom is 0.191 e. The molecular formula is C19H32IN3O2. The van der Waals surface area contributed by atoms with Crippen LogP contribution in [0.4, 0.5) is 0 Å². The van der Waals surface area contributed by atoms with Gasteiger partial charge in [0.2, 0.25) is 0 Å². The summed E-state index contributed by atoms with van der Waals surface area (Å²) < 4.78 is 11.2. The van der Waals surface area contributed by atoms with Crippen LogP contribution >= 0.6 is 24.0 Å². The fraction of sp³-hybridized carbons (Fsp3) is 0.632. The van der Waals surface area contributed by atoms with Gasteiger partial charge in [0.05, 0.1) is 19.3 Å². The first-order valence-corrected chi connectivity index (χ1v) is 8.81. The largest absolute Gasteiger partial charge is 0.379 e. The lowest BCUT2D eigenvalue weighted by Gasteiger charge is -2.21. The maximum absolute atomic E-state index is 5.85. The number of nitrogens with one attached hydrogen (secondary N) is 2. The SMILES string of the molecule is CN=C(NCC(C)c1ccc(C)cc1)NC(C)COC1CCOC1.I. The Bertz CT molecular complexity index is 516. The van der Waals surface area contributed by atoms with E-state index in [1.165, 1.54) is 11.1 Å². The van der Waals surface area contributed by atoms with Crippen molar-refractivity contribution in [3.8, 4) is 0 Å². The number of ether oxygens (including phenoxy) is 2. The zero-order valence-corrected chi connectivity index (χ0v) is 18.1. The smallest absolute Gasteiger partial charge is 0.191 e. The molecule has 1 aromatic carbocycles. The molecule has 3 atom stereocenters. The van der Waals surface area contributed by atoms with Gasteiger partial charge >= 0.3 is 0 Å². The summed E-state index contributed by atoms with van der Waals surface area (Å²) in [4.78, 5) is 4.30. The average molecular weight is 461 g/mol. The van der Waals surface area contributed by atoms with E-state index in [1.54, 1.807) is 7.05 Å². The monoisotopic (exact) mass is 461 g/mol. The van der Waals surface area contributed by atoms with Gasteiger partial charge in [-0.3, -0.25) is 4.99 Å².